The average molecular weight is 324 g/mol. The van der Waals surface area contributed by atoms with Gasteiger partial charge in [-0.15, -0.1) is 16.4 Å². The van der Waals surface area contributed by atoms with Crippen molar-refractivity contribution in [1.82, 2.24) is 15.5 Å². The van der Waals surface area contributed by atoms with Gasteiger partial charge in [-0.3, -0.25) is 4.79 Å². The summed E-state index contributed by atoms with van der Waals surface area (Å²) < 4.78 is 0. The van der Waals surface area contributed by atoms with Crippen LogP contribution < -0.4 is 11.1 Å². The minimum Gasteiger partial charge on any atom is -0.397 e. The average Bonchev–Trinajstić information content (AvgIpc) is 2.80. The van der Waals surface area contributed by atoms with Crippen LogP contribution in [0.3, 0.4) is 0 Å². The number of hydrogen-bond donors (Lipinski definition) is 2. The molecule has 0 fully saturated rings. The van der Waals surface area contributed by atoms with E-state index in [1.807, 2.05) is 25.6 Å². The summed E-state index contributed by atoms with van der Waals surface area (Å²) in [5.74, 6) is 1.01. The van der Waals surface area contributed by atoms with Crippen LogP contribution in [0.1, 0.15) is 33.8 Å². The highest BCUT2D eigenvalue weighted by Gasteiger charge is 2.19. The maximum absolute atomic E-state index is 12.2. The number of nitrogen functional groups attached to an aromatic ring is 1. The Morgan fingerprint density at radius 1 is 1.33 bits per heavy atom. The van der Waals surface area contributed by atoms with Crippen molar-refractivity contribution in [3.05, 3.63) is 16.1 Å². The normalized spacial score (nSPS) is 11.0. The van der Waals surface area contributed by atoms with Gasteiger partial charge in [0.25, 0.3) is 5.91 Å². The number of aryl methyl sites for hydroxylation is 2. The second-order valence-electron chi connectivity index (χ2n) is 4.89. The summed E-state index contributed by atoms with van der Waals surface area (Å²) in [6, 6.07) is 0. The topological polar surface area (TPSA) is 80.9 Å². The molecule has 0 radical (unpaired) electrons. The van der Waals surface area contributed by atoms with E-state index in [0.717, 1.165) is 40.1 Å². The van der Waals surface area contributed by atoms with E-state index < -0.39 is 0 Å². The van der Waals surface area contributed by atoms with Crippen LogP contribution in [0, 0.1) is 13.8 Å². The first-order valence-electron chi connectivity index (χ1n) is 6.85. The molecule has 7 heteroatoms. The molecule has 0 saturated carbocycles. The predicted octanol–water partition coefficient (Wildman–Crippen LogP) is 2.76. The number of nitrogens with zero attached hydrogens (tertiary/aromatic N) is 2. The number of fused-ring (bicyclic) bond motifs is 1. The van der Waals surface area contributed by atoms with Gasteiger partial charge in [-0.25, -0.2) is 0 Å². The van der Waals surface area contributed by atoms with Crippen LogP contribution in [0.25, 0.3) is 10.2 Å². The third-order valence-corrected chi connectivity index (χ3v) is 5.19. The van der Waals surface area contributed by atoms with Gasteiger partial charge in [0, 0.05) is 11.9 Å². The maximum Gasteiger partial charge on any atom is 0.263 e. The number of nitrogens with one attached hydrogen (secondary N) is 1. The first-order chi connectivity index (χ1) is 10.1. The van der Waals surface area contributed by atoms with E-state index in [0.29, 0.717) is 17.1 Å². The summed E-state index contributed by atoms with van der Waals surface area (Å²) >= 11 is 3.13. The van der Waals surface area contributed by atoms with Gasteiger partial charge in [0.05, 0.1) is 11.4 Å². The van der Waals surface area contributed by atoms with E-state index in [4.69, 9.17) is 5.73 Å². The van der Waals surface area contributed by atoms with Crippen LogP contribution in [-0.2, 0) is 0 Å². The Bertz CT molecular complexity index is 654. The highest BCUT2D eigenvalue weighted by atomic mass is 32.2. The predicted molar refractivity (Wildman–Crippen MR) is 91.3 cm³/mol. The minimum atomic E-state index is -0.114. The Labute approximate surface area is 132 Å². The van der Waals surface area contributed by atoms with Gasteiger partial charge in [-0.05, 0) is 44.3 Å². The lowest BCUT2D eigenvalue weighted by atomic mass is 10.1. The Hall–Kier alpha value is -1.34. The van der Waals surface area contributed by atoms with E-state index in [1.165, 1.54) is 11.3 Å². The number of carbonyl (C=O) groups is 1. The van der Waals surface area contributed by atoms with Gasteiger partial charge < -0.3 is 11.1 Å². The van der Waals surface area contributed by atoms with Crippen molar-refractivity contribution in [2.24, 2.45) is 0 Å². The number of hydrogen-bond acceptors (Lipinski definition) is 6. The van der Waals surface area contributed by atoms with E-state index >= 15 is 0 Å². The van der Waals surface area contributed by atoms with Crippen molar-refractivity contribution in [3.8, 4) is 0 Å². The van der Waals surface area contributed by atoms with Gasteiger partial charge in [0.15, 0.2) is 0 Å². The molecule has 2 aromatic rings. The fourth-order valence-electron chi connectivity index (χ4n) is 2.06. The Kier molecular flexibility index (Phi) is 5.41. The molecule has 0 aliphatic heterocycles. The number of thiophene rings is 1. The fourth-order valence-corrected chi connectivity index (χ4v) is 3.57. The van der Waals surface area contributed by atoms with E-state index in [9.17, 15) is 4.79 Å². The summed E-state index contributed by atoms with van der Waals surface area (Å²) in [5, 5.41) is 12.0. The number of rotatable bonds is 6. The summed E-state index contributed by atoms with van der Waals surface area (Å²) in [6.45, 7) is 4.53. The van der Waals surface area contributed by atoms with Crippen LogP contribution in [0.5, 0.6) is 0 Å². The van der Waals surface area contributed by atoms with Gasteiger partial charge in [0.1, 0.15) is 9.71 Å². The number of carbonyl (C=O) groups excluding carboxylic acids is 1. The van der Waals surface area contributed by atoms with Crippen molar-refractivity contribution >= 4 is 44.9 Å². The molecule has 0 bridgehead atoms. The molecular weight excluding hydrogens is 304 g/mol. The zero-order chi connectivity index (χ0) is 15.4. The van der Waals surface area contributed by atoms with Crippen LogP contribution in [0.4, 0.5) is 5.69 Å². The molecule has 5 nitrogen and oxygen atoms in total. The Morgan fingerprint density at radius 2 is 2.10 bits per heavy atom. The molecule has 2 aromatic heterocycles. The summed E-state index contributed by atoms with van der Waals surface area (Å²) in [7, 11) is 0. The standard InChI is InChI=1S/C14H20N4OS2/c1-8-9(2)17-18-14-10(8)11(15)12(21-14)13(19)16-6-4-5-7-20-3/h4-7,15H2,1-3H3,(H,16,19). The second kappa shape index (κ2) is 7.09. The number of amides is 1. The van der Waals surface area contributed by atoms with Crippen LogP contribution >= 0.6 is 23.1 Å². The molecule has 2 heterocycles. The first kappa shape index (κ1) is 16.0. The third kappa shape index (κ3) is 3.47. The Balaban J connectivity index is 2.13. The molecule has 1 amide bonds. The van der Waals surface area contributed by atoms with E-state index in [-0.39, 0.29) is 5.91 Å². The zero-order valence-corrected chi connectivity index (χ0v) is 14.2. The minimum absolute atomic E-state index is 0.114. The Morgan fingerprint density at radius 3 is 2.81 bits per heavy atom. The molecule has 0 atom stereocenters. The molecular formula is C14H20N4OS2. The SMILES string of the molecule is CSCCCCNC(=O)c1sc2nnc(C)c(C)c2c1N. The number of thioether (sulfide) groups is 1. The van der Waals surface area contributed by atoms with Crippen molar-refractivity contribution in [2.75, 3.05) is 24.3 Å². The second-order valence-corrected chi connectivity index (χ2v) is 6.88. The quantitative estimate of drug-likeness (QED) is 0.799. The van der Waals surface area contributed by atoms with E-state index in [2.05, 4.69) is 21.8 Å². The van der Waals surface area contributed by atoms with Crippen molar-refractivity contribution < 1.29 is 4.79 Å². The lowest BCUT2D eigenvalue weighted by molar-refractivity contribution is 0.0958. The lowest BCUT2D eigenvalue weighted by Gasteiger charge is -2.04. The van der Waals surface area contributed by atoms with Crippen LogP contribution in [0.2, 0.25) is 0 Å². The van der Waals surface area contributed by atoms with Crippen molar-refractivity contribution in [1.29, 1.82) is 0 Å². The molecule has 3 N–H and O–H groups in total. The van der Waals surface area contributed by atoms with Gasteiger partial charge in [-0.2, -0.15) is 16.9 Å². The molecule has 2 rings (SSSR count). The molecule has 0 aliphatic rings. The summed E-state index contributed by atoms with van der Waals surface area (Å²) in [4.78, 5) is 13.5. The highest BCUT2D eigenvalue weighted by molar-refractivity contribution is 7.98. The number of anilines is 1. The maximum atomic E-state index is 12.2. The fraction of sp³-hybridized carbons (Fsp3) is 0.500. The van der Waals surface area contributed by atoms with Gasteiger partial charge in [0.2, 0.25) is 0 Å². The molecule has 0 aliphatic carbocycles. The third-order valence-electron chi connectivity index (χ3n) is 3.40. The molecule has 0 saturated heterocycles. The van der Waals surface area contributed by atoms with Crippen LogP contribution in [0.15, 0.2) is 0 Å². The highest BCUT2D eigenvalue weighted by Crippen LogP contribution is 2.34. The summed E-state index contributed by atoms with van der Waals surface area (Å²) in [5.41, 5.74) is 8.50. The van der Waals surface area contributed by atoms with Crippen molar-refractivity contribution in [3.63, 3.8) is 0 Å². The lowest BCUT2D eigenvalue weighted by Crippen LogP contribution is -2.24. The molecule has 21 heavy (non-hydrogen) atoms. The van der Waals surface area contributed by atoms with Gasteiger partial charge in [-0.1, -0.05) is 0 Å². The summed E-state index contributed by atoms with van der Waals surface area (Å²) in [6.07, 6.45) is 4.17. The van der Waals surface area contributed by atoms with Crippen LogP contribution in [-0.4, -0.2) is 34.7 Å². The molecule has 0 spiro atoms. The smallest absolute Gasteiger partial charge is 0.263 e. The molecule has 0 aromatic carbocycles. The van der Waals surface area contributed by atoms with Crippen molar-refractivity contribution in [2.45, 2.75) is 26.7 Å². The van der Waals surface area contributed by atoms with E-state index in [1.54, 1.807) is 0 Å². The largest absolute Gasteiger partial charge is 0.397 e. The number of unbranched alkanes of at least 4 members (excludes halogenated alkanes) is 1. The molecule has 0 unspecified atom stereocenters. The monoisotopic (exact) mass is 324 g/mol. The van der Waals surface area contributed by atoms with Gasteiger partial charge >= 0.3 is 0 Å². The zero-order valence-electron chi connectivity index (χ0n) is 12.5. The number of nitrogens with two attached hydrogens (primary N) is 1. The number of aromatic nitrogens is 2. The first-order valence-corrected chi connectivity index (χ1v) is 9.06. The molecule has 114 valence electrons.